The van der Waals surface area contributed by atoms with Crippen LogP contribution in [0.1, 0.15) is 37.3 Å². The Labute approximate surface area is 133 Å². The smallest absolute Gasteiger partial charge is 0.185 e. The third-order valence-electron chi connectivity index (χ3n) is 4.15. The maximum atomic E-state index is 4.89. The minimum Gasteiger partial charge on any atom is -0.348 e. The number of rotatable bonds is 7. The Morgan fingerprint density at radius 1 is 1.29 bits per heavy atom. The van der Waals surface area contributed by atoms with Gasteiger partial charge in [0, 0.05) is 31.1 Å². The van der Waals surface area contributed by atoms with Crippen molar-refractivity contribution in [3.63, 3.8) is 0 Å². The molecule has 0 aromatic carbocycles. The number of anilines is 1. The minimum absolute atomic E-state index is 0.850. The number of aromatic nitrogens is 1. The number of nitrogens with one attached hydrogen (secondary N) is 1. The van der Waals surface area contributed by atoms with Gasteiger partial charge in [0.25, 0.3) is 0 Å². The molecule has 2 heterocycles. The van der Waals surface area contributed by atoms with Crippen molar-refractivity contribution >= 4 is 16.5 Å². The standard InChI is InChI=1S/C16H30N4S/c1-5-14-15(11-17-6-2)21-16(18-14)20-9-7-13(8-10-20)12-19(3)4/h13,17H,5-12H2,1-4H3. The van der Waals surface area contributed by atoms with Gasteiger partial charge < -0.3 is 15.1 Å². The van der Waals surface area contributed by atoms with Crippen LogP contribution in [0.3, 0.4) is 0 Å². The third kappa shape index (κ3) is 4.66. The van der Waals surface area contributed by atoms with Crippen molar-refractivity contribution in [1.82, 2.24) is 15.2 Å². The quantitative estimate of drug-likeness (QED) is 0.839. The van der Waals surface area contributed by atoms with E-state index in [4.69, 9.17) is 4.98 Å². The molecule has 0 saturated carbocycles. The topological polar surface area (TPSA) is 31.4 Å². The molecule has 0 amide bonds. The highest BCUT2D eigenvalue weighted by atomic mass is 32.1. The van der Waals surface area contributed by atoms with E-state index in [1.807, 2.05) is 11.3 Å². The Morgan fingerprint density at radius 2 is 2.00 bits per heavy atom. The fourth-order valence-corrected chi connectivity index (χ4v) is 4.15. The number of hydrogen-bond donors (Lipinski definition) is 1. The molecule has 120 valence electrons. The maximum absolute atomic E-state index is 4.89. The summed E-state index contributed by atoms with van der Waals surface area (Å²) in [4.78, 5) is 11.1. The summed E-state index contributed by atoms with van der Waals surface area (Å²) in [6, 6.07) is 0. The van der Waals surface area contributed by atoms with Crippen molar-refractivity contribution in [2.75, 3.05) is 45.2 Å². The van der Waals surface area contributed by atoms with Gasteiger partial charge in [0.2, 0.25) is 0 Å². The van der Waals surface area contributed by atoms with Crippen molar-refractivity contribution in [2.45, 2.75) is 39.7 Å². The van der Waals surface area contributed by atoms with Crippen LogP contribution in [0.5, 0.6) is 0 Å². The molecule has 1 aliphatic heterocycles. The first-order chi connectivity index (χ1) is 10.1. The van der Waals surface area contributed by atoms with E-state index in [0.29, 0.717) is 0 Å². The molecule has 1 N–H and O–H groups in total. The monoisotopic (exact) mass is 310 g/mol. The predicted octanol–water partition coefficient (Wildman–Crippen LogP) is 2.59. The van der Waals surface area contributed by atoms with Crippen LogP contribution in [-0.2, 0) is 13.0 Å². The van der Waals surface area contributed by atoms with Crippen molar-refractivity contribution in [1.29, 1.82) is 0 Å². The lowest BCUT2D eigenvalue weighted by molar-refractivity contribution is 0.285. The number of thiazole rings is 1. The summed E-state index contributed by atoms with van der Waals surface area (Å²) in [6.07, 6.45) is 3.62. The summed E-state index contributed by atoms with van der Waals surface area (Å²) < 4.78 is 0. The second-order valence-corrected chi connectivity index (χ2v) is 7.25. The second kappa shape index (κ2) is 8.11. The molecule has 1 saturated heterocycles. The summed E-state index contributed by atoms with van der Waals surface area (Å²) in [5.74, 6) is 0.850. The molecule has 2 rings (SSSR count). The molecule has 1 aromatic heterocycles. The van der Waals surface area contributed by atoms with E-state index in [1.165, 1.54) is 35.1 Å². The molecule has 0 unspecified atom stereocenters. The Balaban J connectivity index is 1.95. The molecule has 0 aliphatic carbocycles. The second-order valence-electron chi connectivity index (χ2n) is 6.19. The highest BCUT2D eigenvalue weighted by Gasteiger charge is 2.22. The third-order valence-corrected chi connectivity index (χ3v) is 5.30. The van der Waals surface area contributed by atoms with E-state index < -0.39 is 0 Å². The van der Waals surface area contributed by atoms with Gasteiger partial charge in [-0.05, 0) is 45.8 Å². The number of piperidine rings is 1. The molecule has 0 bridgehead atoms. The van der Waals surface area contributed by atoms with Gasteiger partial charge in [-0.2, -0.15) is 0 Å². The van der Waals surface area contributed by atoms with Gasteiger partial charge >= 0.3 is 0 Å². The molecule has 1 aromatic rings. The molecular weight excluding hydrogens is 280 g/mol. The Kier molecular flexibility index (Phi) is 6.45. The van der Waals surface area contributed by atoms with Gasteiger partial charge in [-0.1, -0.05) is 13.8 Å². The van der Waals surface area contributed by atoms with Gasteiger partial charge in [0.15, 0.2) is 5.13 Å². The summed E-state index contributed by atoms with van der Waals surface area (Å²) in [5.41, 5.74) is 1.28. The minimum atomic E-state index is 0.850. The summed E-state index contributed by atoms with van der Waals surface area (Å²) in [5, 5.41) is 4.67. The average Bonchev–Trinajstić information content (AvgIpc) is 2.88. The first-order valence-corrected chi connectivity index (χ1v) is 9.04. The molecule has 0 radical (unpaired) electrons. The lowest BCUT2D eigenvalue weighted by Gasteiger charge is -2.33. The highest BCUT2D eigenvalue weighted by Crippen LogP contribution is 2.30. The largest absolute Gasteiger partial charge is 0.348 e. The highest BCUT2D eigenvalue weighted by molar-refractivity contribution is 7.15. The lowest BCUT2D eigenvalue weighted by atomic mass is 9.97. The number of aryl methyl sites for hydroxylation is 1. The van der Waals surface area contributed by atoms with E-state index in [0.717, 1.165) is 38.5 Å². The van der Waals surface area contributed by atoms with Gasteiger partial charge in [-0.15, -0.1) is 11.3 Å². The van der Waals surface area contributed by atoms with Crippen LogP contribution in [-0.4, -0.2) is 50.2 Å². The van der Waals surface area contributed by atoms with Crippen molar-refractivity contribution < 1.29 is 0 Å². The summed E-state index contributed by atoms with van der Waals surface area (Å²) in [7, 11) is 4.35. The molecule has 1 fully saturated rings. The van der Waals surface area contributed by atoms with Crippen LogP contribution in [0.25, 0.3) is 0 Å². The SMILES string of the molecule is CCNCc1sc(N2CCC(CN(C)C)CC2)nc1CC. The fraction of sp³-hybridized carbons (Fsp3) is 0.812. The van der Waals surface area contributed by atoms with E-state index >= 15 is 0 Å². The zero-order valence-corrected chi connectivity index (χ0v) is 14.8. The normalized spacial score (nSPS) is 16.9. The zero-order valence-electron chi connectivity index (χ0n) is 14.0. The first kappa shape index (κ1) is 16.7. The predicted molar refractivity (Wildman–Crippen MR) is 92.4 cm³/mol. The molecule has 4 nitrogen and oxygen atoms in total. The maximum Gasteiger partial charge on any atom is 0.185 e. The Bertz CT molecular complexity index is 422. The van der Waals surface area contributed by atoms with Crippen LogP contribution >= 0.6 is 11.3 Å². The molecule has 1 aliphatic rings. The van der Waals surface area contributed by atoms with Gasteiger partial charge in [-0.3, -0.25) is 0 Å². The lowest BCUT2D eigenvalue weighted by Crippen LogP contribution is -2.37. The summed E-state index contributed by atoms with van der Waals surface area (Å²) >= 11 is 1.89. The summed E-state index contributed by atoms with van der Waals surface area (Å²) in [6.45, 7) is 9.89. The first-order valence-electron chi connectivity index (χ1n) is 8.23. The molecular formula is C16H30N4S. The van der Waals surface area contributed by atoms with E-state index in [2.05, 4.69) is 43.1 Å². The molecule has 0 atom stereocenters. The van der Waals surface area contributed by atoms with Gasteiger partial charge in [0.1, 0.15) is 0 Å². The fourth-order valence-electron chi connectivity index (χ4n) is 2.98. The van der Waals surface area contributed by atoms with E-state index in [-0.39, 0.29) is 0 Å². The van der Waals surface area contributed by atoms with Crippen LogP contribution in [0.15, 0.2) is 0 Å². The Morgan fingerprint density at radius 3 is 2.57 bits per heavy atom. The van der Waals surface area contributed by atoms with Crippen molar-refractivity contribution in [3.8, 4) is 0 Å². The Hall–Kier alpha value is -0.650. The van der Waals surface area contributed by atoms with E-state index in [9.17, 15) is 0 Å². The molecule has 5 heteroatoms. The number of nitrogens with zero attached hydrogens (tertiary/aromatic N) is 3. The number of hydrogen-bond acceptors (Lipinski definition) is 5. The van der Waals surface area contributed by atoms with Crippen molar-refractivity contribution in [3.05, 3.63) is 10.6 Å². The van der Waals surface area contributed by atoms with Crippen LogP contribution in [0.4, 0.5) is 5.13 Å². The van der Waals surface area contributed by atoms with Gasteiger partial charge in [0.05, 0.1) is 5.69 Å². The molecule has 21 heavy (non-hydrogen) atoms. The average molecular weight is 311 g/mol. The van der Waals surface area contributed by atoms with Crippen LogP contribution in [0, 0.1) is 5.92 Å². The van der Waals surface area contributed by atoms with Crippen LogP contribution in [0.2, 0.25) is 0 Å². The zero-order chi connectivity index (χ0) is 15.2. The van der Waals surface area contributed by atoms with Crippen LogP contribution < -0.4 is 10.2 Å². The van der Waals surface area contributed by atoms with Crippen molar-refractivity contribution in [2.24, 2.45) is 5.92 Å². The van der Waals surface area contributed by atoms with Gasteiger partial charge in [-0.25, -0.2) is 4.98 Å². The van der Waals surface area contributed by atoms with E-state index in [1.54, 1.807) is 0 Å². The molecule has 0 spiro atoms.